The number of carbonyl (C=O) groups is 1. The highest BCUT2D eigenvalue weighted by Gasteiger charge is 2.13. The van der Waals surface area contributed by atoms with Gasteiger partial charge in [0.25, 0.3) is 0 Å². The molecule has 0 aromatic heterocycles. The molecule has 2 nitrogen and oxygen atoms in total. The van der Waals surface area contributed by atoms with Crippen molar-refractivity contribution < 1.29 is 9.90 Å². The number of hydrogen-bond donors (Lipinski definition) is 1. The lowest BCUT2D eigenvalue weighted by Crippen LogP contribution is -2.02. The summed E-state index contributed by atoms with van der Waals surface area (Å²) in [5.41, 5.74) is 1.54. The molecule has 0 saturated carbocycles. The molecule has 3 rings (SSSR count). The molecule has 0 aliphatic heterocycles. The minimum atomic E-state index is -0.0258. The summed E-state index contributed by atoms with van der Waals surface area (Å²) in [5.74, 6) is 0.0632. The highest BCUT2D eigenvalue weighted by molar-refractivity contribution is 6.04. The summed E-state index contributed by atoms with van der Waals surface area (Å²) in [6, 6.07) is 21.0. The fraction of sp³-hybridized carbons (Fsp3) is 0.105. The molecule has 1 N–H and O–H groups in total. The van der Waals surface area contributed by atoms with Crippen molar-refractivity contribution >= 4 is 16.6 Å². The predicted octanol–water partition coefficient (Wildman–Crippen LogP) is 4.36. The smallest absolute Gasteiger partial charge is 0.166 e. The number of phenolic OH excluding ortho intramolecular Hbond substituents is 1. The van der Waals surface area contributed by atoms with Gasteiger partial charge in [-0.05, 0) is 23.4 Å². The lowest BCUT2D eigenvalue weighted by molar-refractivity contribution is 0.0980. The molecule has 3 aromatic rings. The maximum Gasteiger partial charge on any atom is 0.166 e. The van der Waals surface area contributed by atoms with Crippen molar-refractivity contribution in [3.63, 3.8) is 0 Å². The average Bonchev–Trinajstić information content (AvgIpc) is 2.54. The Hall–Kier alpha value is -2.61. The Morgan fingerprint density at radius 1 is 0.857 bits per heavy atom. The molecule has 21 heavy (non-hydrogen) atoms. The maximum atomic E-state index is 12.3. The van der Waals surface area contributed by atoms with Crippen LogP contribution in [-0.2, 0) is 6.42 Å². The van der Waals surface area contributed by atoms with Crippen molar-refractivity contribution in [1.82, 2.24) is 0 Å². The van der Waals surface area contributed by atoms with Gasteiger partial charge in [0.2, 0.25) is 0 Å². The summed E-state index contributed by atoms with van der Waals surface area (Å²) in [7, 11) is 0. The Kier molecular flexibility index (Phi) is 3.69. The van der Waals surface area contributed by atoms with Crippen LogP contribution in [0.15, 0.2) is 66.7 Å². The number of fused-ring (bicyclic) bond motifs is 1. The van der Waals surface area contributed by atoms with Gasteiger partial charge in [-0.15, -0.1) is 0 Å². The number of rotatable bonds is 4. The number of hydrogen-bond acceptors (Lipinski definition) is 2. The lowest BCUT2D eigenvalue weighted by atomic mass is 9.99. The van der Waals surface area contributed by atoms with Gasteiger partial charge in [-0.1, -0.05) is 60.7 Å². The molecule has 0 spiro atoms. The van der Waals surface area contributed by atoms with Crippen LogP contribution in [0, 0.1) is 0 Å². The predicted molar refractivity (Wildman–Crippen MR) is 84.7 cm³/mol. The van der Waals surface area contributed by atoms with E-state index >= 15 is 0 Å². The second-order valence-corrected chi connectivity index (χ2v) is 5.09. The van der Waals surface area contributed by atoms with Crippen molar-refractivity contribution in [3.05, 3.63) is 77.9 Å². The number of benzene rings is 3. The molecule has 0 aliphatic rings. The number of aromatic hydroxyl groups is 1. The third-order valence-electron chi connectivity index (χ3n) is 3.68. The highest BCUT2D eigenvalue weighted by atomic mass is 16.3. The Morgan fingerprint density at radius 3 is 2.38 bits per heavy atom. The monoisotopic (exact) mass is 276 g/mol. The van der Waals surface area contributed by atoms with Gasteiger partial charge >= 0.3 is 0 Å². The molecule has 104 valence electrons. The Labute approximate surface area is 123 Å². The first kappa shape index (κ1) is 13.4. The van der Waals surface area contributed by atoms with Crippen LogP contribution in [0.4, 0.5) is 0 Å². The molecule has 0 heterocycles. The number of aryl methyl sites for hydroxylation is 1. The topological polar surface area (TPSA) is 37.3 Å². The number of Topliss-reactive ketones (excluding diaryl/α,β-unsaturated/α-hetero) is 1. The van der Waals surface area contributed by atoms with Crippen LogP contribution in [0.2, 0.25) is 0 Å². The van der Waals surface area contributed by atoms with Crippen molar-refractivity contribution in [2.45, 2.75) is 12.8 Å². The molecule has 2 heteroatoms. The van der Waals surface area contributed by atoms with Crippen LogP contribution in [0.5, 0.6) is 5.75 Å². The molecule has 0 fully saturated rings. The van der Waals surface area contributed by atoms with E-state index in [1.165, 1.54) is 0 Å². The van der Waals surface area contributed by atoms with Crippen molar-refractivity contribution in [1.29, 1.82) is 0 Å². The summed E-state index contributed by atoms with van der Waals surface area (Å²) in [6.07, 6.45) is 1.09. The van der Waals surface area contributed by atoms with Gasteiger partial charge in [0, 0.05) is 11.8 Å². The minimum Gasteiger partial charge on any atom is -0.507 e. The third-order valence-corrected chi connectivity index (χ3v) is 3.68. The molecule has 0 aliphatic carbocycles. The number of carbonyl (C=O) groups excluding carboxylic acids is 1. The average molecular weight is 276 g/mol. The highest BCUT2D eigenvalue weighted by Crippen LogP contribution is 2.29. The normalized spacial score (nSPS) is 10.7. The molecule has 0 unspecified atom stereocenters. The molecule has 0 bridgehead atoms. The van der Waals surface area contributed by atoms with Crippen molar-refractivity contribution in [2.24, 2.45) is 0 Å². The standard InChI is InChI=1S/C19H16O2/c20-18(13-10-14-6-2-1-3-7-14)17-12-11-15-8-4-5-9-16(15)19(17)21/h1-9,11-12,21H,10,13H2. The van der Waals surface area contributed by atoms with Gasteiger partial charge in [-0.25, -0.2) is 0 Å². The summed E-state index contributed by atoms with van der Waals surface area (Å²) in [5, 5.41) is 12.0. The molecule has 0 radical (unpaired) electrons. The van der Waals surface area contributed by atoms with Crippen LogP contribution in [-0.4, -0.2) is 10.9 Å². The first-order chi connectivity index (χ1) is 10.3. The first-order valence-electron chi connectivity index (χ1n) is 7.03. The van der Waals surface area contributed by atoms with Crippen LogP contribution < -0.4 is 0 Å². The van der Waals surface area contributed by atoms with Gasteiger partial charge in [0.05, 0.1) is 5.56 Å². The van der Waals surface area contributed by atoms with Gasteiger partial charge in [0.15, 0.2) is 5.78 Å². The van der Waals surface area contributed by atoms with Crippen LogP contribution in [0.1, 0.15) is 22.3 Å². The van der Waals surface area contributed by atoms with E-state index in [4.69, 9.17) is 0 Å². The first-order valence-corrected chi connectivity index (χ1v) is 7.03. The van der Waals surface area contributed by atoms with Crippen LogP contribution >= 0.6 is 0 Å². The van der Waals surface area contributed by atoms with E-state index < -0.39 is 0 Å². The second kappa shape index (κ2) is 5.80. The van der Waals surface area contributed by atoms with E-state index in [1.54, 1.807) is 6.07 Å². The third kappa shape index (κ3) is 2.79. The minimum absolute atomic E-state index is 0.0258. The quantitative estimate of drug-likeness (QED) is 0.719. The van der Waals surface area contributed by atoms with Crippen LogP contribution in [0.3, 0.4) is 0 Å². The summed E-state index contributed by atoms with van der Waals surface area (Å²) in [4.78, 5) is 12.3. The zero-order valence-electron chi connectivity index (χ0n) is 11.6. The molecular weight excluding hydrogens is 260 g/mol. The zero-order valence-corrected chi connectivity index (χ0v) is 11.6. The van der Waals surface area contributed by atoms with E-state index in [0.717, 1.165) is 16.3 Å². The molecule has 0 amide bonds. The number of phenols is 1. The van der Waals surface area contributed by atoms with E-state index in [0.29, 0.717) is 18.4 Å². The van der Waals surface area contributed by atoms with E-state index in [9.17, 15) is 9.90 Å². The van der Waals surface area contributed by atoms with Crippen LogP contribution in [0.25, 0.3) is 10.8 Å². The largest absolute Gasteiger partial charge is 0.507 e. The molecular formula is C19H16O2. The van der Waals surface area contributed by atoms with Crippen molar-refractivity contribution in [2.75, 3.05) is 0 Å². The Bertz CT molecular complexity index is 776. The molecule has 3 aromatic carbocycles. The maximum absolute atomic E-state index is 12.3. The summed E-state index contributed by atoms with van der Waals surface area (Å²) >= 11 is 0. The second-order valence-electron chi connectivity index (χ2n) is 5.09. The Balaban J connectivity index is 1.83. The van der Waals surface area contributed by atoms with Crippen molar-refractivity contribution in [3.8, 4) is 5.75 Å². The van der Waals surface area contributed by atoms with Gasteiger partial charge in [-0.2, -0.15) is 0 Å². The van der Waals surface area contributed by atoms with E-state index in [-0.39, 0.29) is 11.5 Å². The van der Waals surface area contributed by atoms with E-state index in [2.05, 4.69) is 0 Å². The molecule has 0 saturated heterocycles. The zero-order chi connectivity index (χ0) is 14.7. The summed E-state index contributed by atoms with van der Waals surface area (Å²) in [6.45, 7) is 0. The molecule has 0 atom stereocenters. The summed E-state index contributed by atoms with van der Waals surface area (Å²) < 4.78 is 0. The fourth-order valence-corrected chi connectivity index (χ4v) is 2.52. The van der Waals surface area contributed by atoms with Gasteiger partial charge < -0.3 is 5.11 Å². The van der Waals surface area contributed by atoms with Gasteiger partial charge in [0.1, 0.15) is 5.75 Å². The Morgan fingerprint density at radius 2 is 1.57 bits per heavy atom. The van der Waals surface area contributed by atoms with E-state index in [1.807, 2.05) is 60.7 Å². The lowest BCUT2D eigenvalue weighted by Gasteiger charge is -2.07. The number of ketones is 1. The fourth-order valence-electron chi connectivity index (χ4n) is 2.52. The SMILES string of the molecule is O=C(CCc1ccccc1)c1ccc2ccccc2c1O. The van der Waals surface area contributed by atoms with Gasteiger partial charge in [-0.3, -0.25) is 4.79 Å².